The minimum atomic E-state index is 0. The van der Waals surface area contributed by atoms with Crippen LogP contribution in [-0.4, -0.2) is 33.0 Å². The van der Waals surface area contributed by atoms with Crippen LogP contribution in [0.25, 0.3) is 6.08 Å². The van der Waals surface area contributed by atoms with Crippen molar-refractivity contribution in [2.24, 2.45) is 4.99 Å². The third kappa shape index (κ3) is 5.00. The van der Waals surface area contributed by atoms with Gasteiger partial charge in [0, 0.05) is 24.8 Å². The van der Waals surface area contributed by atoms with Crippen molar-refractivity contribution in [2.75, 3.05) is 32.1 Å². The largest absolute Gasteiger partial charge is 0.496 e. The lowest BCUT2D eigenvalue weighted by Crippen LogP contribution is -2.20. The summed E-state index contributed by atoms with van der Waals surface area (Å²) < 4.78 is 6.22. The molecule has 6 heteroatoms. The van der Waals surface area contributed by atoms with Crippen molar-refractivity contribution in [3.63, 3.8) is 0 Å². The van der Waals surface area contributed by atoms with Gasteiger partial charge < -0.3 is 9.64 Å². The van der Waals surface area contributed by atoms with Crippen molar-refractivity contribution in [3.05, 3.63) is 64.1 Å². The summed E-state index contributed by atoms with van der Waals surface area (Å²) in [6.07, 6.45) is 4.18. The topological polar surface area (TPSA) is 24.8 Å². The van der Waals surface area contributed by atoms with Gasteiger partial charge in [0.1, 0.15) is 5.75 Å². The number of aliphatic imine (C=N–C) groups is 1. The predicted octanol–water partition coefficient (Wildman–Crippen LogP) is 5.25. The van der Waals surface area contributed by atoms with Gasteiger partial charge in [-0.1, -0.05) is 30.3 Å². The van der Waals surface area contributed by atoms with Crippen LogP contribution in [0.3, 0.4) is 0 Å². The van der Waals surface area contributed by atoms with Crippen LogP contribution in [0.5, 0.6) is 5.75 Å². The Bertz CT molecular complexity index is 778. The van der Waals surface area contributed by atoms with Crippen LogP contribution in [0, 0.1) is 0 Å². The summed E-state index contributed by atoms with van der Waals surface area (Å²) in [6, 6.07) is 14.5. The molecule has 2 aromatic rings. The smallest absolute Gasteiger partial charge is 0.133 e. The summed E-state index contributed by atoms with van der Waals surface area (Å²) in [4.78, 5) is 6.99. The van der Waals surface area contributed by atoms with Crippen molar-refractivity contribution in [1.29, 1.82) is 0 Å². The Morgan fingerprint density at radius 2 is 1.88 bits per heavy atom. The summed E-state index contributed by atoms with van der Waals surface area (Å²) in [5, 5.41) is 0. The summed E-state index contributed by atoms with van der Waals surface area (Å²) in [6.45, 7) is 1.74. The number of likely N-dealkylation sites (N-methyl/N-ethyl adjacent to an activating group) is 1. The fraction of sp³-hybridized carbons (Fsp3) is 0.211. The molecule has 134 valence electrons. The van der Waals surface area contributed by atoms with E-state index in [9.17, 15) is 0 Å². The molecule has 3 nitrogen and oxygen atoms in total. The van der Waals surface area contributed by atoms with Gasteiger partial charge in [-0.05, 0) is 45.8 Å². The van der Waals surface area contributed by atoms with Crippen LogP contribution < -0.4 is 9.64 Å². The zero-order valence-corrected chi connectivity index (χ0v) is 17.3. The number of nitrogens with zero attached hydrogens (tertiary/aromatic N) is 2. The Kier molecular flexibility index (Phi) is 8.50. The van der Waals surface area contributed by atoms with Crippen LogP contribution in [0.15, 0.2) is 58.0 Å². The number of ether oxygens (including phenoxy) is 1. The zero-order valence-electron chi connectivity index (χ0n) is 14.1. The fourth-order valence-electron chi connectivity index (χ4n) is 2.65. The monoisotopic (exact) mass is 442 g/mol. The van der Waals surface area contributed by atoms with Gasteiger partial charge in [0.15, 0.2) is 0 Å². The molecule has 0 atom stereocenters. The number of halogens is 3. The van der Waals surface area contributed by atoms with Crippen molar-refractivity contribution in [2.45, 2.75) is 0 Å². The first-order valence-corrected chi connectivity index (χ1v) is 8.35. The number of hydrogen-bond acceptors (Lipinski definition) is 3. The molecule has 0 saturated carbocycles. The molecule has 1 heterocycles. The number of hydrogen-bond donors (Lipinski definition) is 0. The second-order valence-corrected chi connectivity index (χ2v) is 6.29. The van der Waals surface area contributed by atoms with Crippen LogP contribution in [-0.2, 0) is 0 Å². The van der Waals surface area contributed by atoms with Gasteiger partial charge >= 0.3 is 0 Å². The number of methoxy groups -OCH3 is 1. The zero-order chi connectivity index (χ0) is 16.2. The lowest BCUT2D eigenvalue weighted by molar-refractivity contribution is 0.412. The minimum Gasteiger partial charge on any atom is -0.496 e. The molecule has 0 bridgehead atoms. The Morgan fingerprint density at radius 3 is 2.60 bits per heavy atom. The summed E-state index contributed by atoms with van der Waals surface area (Å²) >= 11 is 3.52. The van der Waals surface area contributed by atoms with Gasteiger partial charge in [0.05, 0.1) is 23.8 Å². The van der Waals surface area contributed by atoms with Gasteiger partial charge in [-0.15, -0.1) is 24.8 Å². The molecule has 0 saturated heterocycles. The molecule has 0 N–H and O–H groups in total. The third-order valence-electron chi connectivity index (χ3n) is 3.92. The fourth-order valence-corrected chi connectivity index (χ4v) is 3.21. The molecule has 0 spiro atoms. The highest BCUT2D eigenvalue weighted by atomic mass is 79.9. The van der Waals surface area contributed by atoms with Crippen LogP contribution in [0.1, 0.15) is 11.1 Å². The maximum Gasteiger partial charge on any atom is 0.133 e. The number of allylic oxidation sites excluding steroid dienone is 1. The number of benzodiazepines with no additional fused rings is 1. The van der Waals surface area contributed by atoms with Crippen molar-refractivity contribution in [1.82, 2.24) is 0 Å². The highest BCUT2D eigenvalue weighted by molar-refractivity contribution is 9.10. The second-order valence-electron chi connectivity index (χ2n) is 5.43. The molecular weight excluding hydrogens is 423 g/mol. The molecule has 0 radical (unpaired) electrons. The van der Waals surface area contributed by atoms with Gasteiger partial charge in [0.25, 0.3) is 0 Å². The Balaban J connectivity index is 0.00000156. The van der Waals surface area contributed by atoms with E-state index in [1.165, 1.54) is 11.3 Å². The summed E-state index contributed by atoms with van der Waals surface area (Å²) in [5.41, 5.74) is 4.54. The lowest BCUT2D eigenvalue weighted by atomic mass is 10.1. The number of benzene rings is 2. The normalized spacial score (nSPS) is 13.2. The molecule has 0 amide bonds. The van der Waals surface area contributed by atoms with E-state index < -0.39 is 0 Å². The summed E-state index contributed by atoms with van der Waals surface area (Å²) in [7, 11) is 3.78. The van der Waals surface area contributed by atoms with Gasteiger partial charge in [-0.3, -0.25) is 4.99 Å². The van der Waals surface area contributed by atoms with Gasteiger partial charge in [-0.2, -0.15) is 0 Å². The molecular formula is C19H21BrCl2N2O. The van der Waals surface area contributed by atoms with E-state index in [1.54, 1.807) is 7.11 Å². The van der Waals surface area contributed by atoms with Crippen molar-refractivity contribution < 1.29 is 4.74 Å². The molecule has 1 aliphatic rings. The number of anilines is 1. The number of fused-ring (bicyclic) bond motifs is 1. The average molecular weight is 444 g/mol. The predicted molar refractivity (Wildman–Crippen MR) is 115 cm³/mol. The first-order chi connectivity index (χ1) is 11.2. The second kappa shape index (κ2) is 9.85. The quantitative estimate of drug-likeness (QED) is 0.646. The van der Waals surface area contributed by atoms with Crippen molar-refractivity contribution >= 4 is 58.2 Å². The third-order valence-corrected chi connectivity index (χ3v) is 4.54. The molecule has 0 unspecified atom stereocenters. The molecule has 0 aromatic heterocycles. The standard InChI is InChI=1S/C19H19BrN2O.2ClH/c1-22-12-11-21-17(15-5-3-4-6-18(15)22)9-7-14-8-10-19(23-2)16(20)13-14;;/h3-10,13H,11-12H2,1-2H3;2*1H/b9-7+;;. The Morgan fingerprint density at radius 1 is 1.12 bits per heavy atom. The molecule has 0 aliphatic carbocycles. The Labute approximate surface area is 169 Å². The first kappa shape index (κ1) is 21.6. The highest BCUT2D eigenvalue weighted by Crippen LogP contribution is 2.27. The maximum absolute atomic E-state index is 5.27. The molecule has 1 aliphatic heterocycles. The van der Waals surface area contributed by atoms with Crippen molar-refractivity contribution in [3.8, 4) is 5.75 Å². The SMILES string of the molecule is COc1ccc(/C=C/C2=NCCN(C)c3ccccc32)cc1Br.Cl.Cl. The summed E-state index contributed by atoms with van der Waals surface area (Å²) in [5.74, 6) is 0.834. The van der Waals surface area contributed by atoms with Gasteiger partial charge in [0.2, 0.25) is 0 Å². The van der Waals surface area contributed by atoms with E-state index in [-0.39, 0.29) is 24.8 Å². The molecule has 0 fully saturated rings. The van der Waals surface area contributed by atoms with Crippen LogP contribution in [0.4, 0.5) is 5.69 Å². The van der Waals surface area contributed by atoms with E-state index in [4.69, 9.17) is 9.73 Å². The molecule has 25 heavy (non-hydrogen) atoms. The van der Waals surface area contributed by atoms with Crippen LogP contribution >= 0.6 is 40.7 Å². The van der Waals surface area contributed by atoms with E-state index in [1.807, 2.05) is 18.2 Å². The molecule has 2 aromatic carbocycles. The van der Waals surface area contributed by atoms with E-state index in [2.05, 4.69) is 64.3 Å². The average Bonchev–Trinajstić information content (AvgIpc) is 2.73. The van der Waals surface area contributed by atoms with E-state index in [0.29, 0.717) is 0 Å². The first-order valence-electron chi connectivity index (χ1n) is 7.55. The highest BCUT2D eigenvalue weighted by Gasteiger charge is 2.13. The number of para-hydroxylation sites is 1. The van der Waals surface area contributed by atoms with E-state index in [0.717, 1.165) is 34.6 Å². The van der Waals surface area contributed by atoms with Gasteiger partial charge in [-0.25, -0.2) is 0 Å². The Hall–Kier alpha value is -1.49. The molecule has 3 rings (SSSR count). The lowest BCUT2D eigenvalue weighted by Gasteiger charge is -2.18. The van der Waals surface area contributed by atoms with Crippen LogP contribution in [0.2, 0.25) is 0 Å². The minimum absolute atomic E-state index is 0. The van der Waals surface area contributed by atoms with E-state index >= 15 is 0 Å². The number of rotatable bonds is 3. The maximum atomic E-state index is 5.27.